The molecule has 0 aliphatic carbocycles. The topological polar surface area (TPSA) is 118 Å². The summed E-state index contributed by atoms with van der Waals surface area (Å²) in [6, 6.07) is 5.80. The molecule has 0 radical (unpaired) electrons. The Labute approximate surface area is 140 Å². The summed E-state index contributed by atoms with van der Waals surface area (Å²) in [4.78, 5) is 36.2. The molecule has 1 aliphatic heterocycles. The summed E-state index contributed by atoms with van der Waals surface area (Å²) >= 11 is 1.25. The summed E-state index contributed by atoms with van der Waals surface area (Å²) in [5.74, 6) is -1.10. The van der Waals surface area contributed by atoms with E-state index in [1.807, 2.05) is 0 Å². The Morgan fingerprint density at radius 1 is 1.46 bits per heavy atom. The average Bonchev–Trinajstić information content (AvgIpc) is 3.13. The molecule has 9 nitrogen and oxygen atoms in total. The van der Waals surface area contributed by atoms with Crippen molar-refractivity contribution in [1.82, 2.24) is 10.2 Å². The van der Waals surface area contributed by atoms with Crippen molar-refractivity contribution in [3.63, 3.8) is 0 Å². The molecule has 0 saturated carbocycles. The van der Waals surface area contributed by atoms with Crippen LogP contribution in [0.3, 0.4) is 0 Å². The van der Waals surface area contributed by atoms with Crippen molar-refractivity contribution in [1.29, 1.82) is 0 Å². The molecule has 3 rings (SSSR count). The molecule has 2 heterocycles. The maximum absolute atomic E-state index is 12.3. The SMILES string of the molecule is Cc1nnc(NC(=O)[C@@H]2CC(=O)N(c3cccc([N+](=O)[O-])c3)C2)s1. The molecule has 2 amide bonds. The van der Waals surface area contributed by atoms with Crippen LogP contribution >= 0.6 is 11.3 Å². The van der Waals surface area contributed by atoms with Crippen molar-refractivity contribution in [3.8, 4) is 0 Å². The minimum absolute atomic E-state index is 0.0479. The average molecular weight is 347 g/mol. The van der Waals surface area contributed by atoms with E-state index in [9.17, 15) is 19.7 Å². The number of anilines is 2. The lowest BCUT2D eigenvalue weighted by Gasteiger charge is -2.16. The van der Waals surface area contributed by atoms with E-state index >= 15 is 0 Å². The van der Waals surface area contributed by atoms with Crippen molar-refractivity contribution >= 4 is 39.7 Å². The van der Waals surface area contributed by atoms with Crippen LogP contribution in [0.25, 0.3) is 0 Å². The second kappa shape index (κ2) is 6.32. The summed E-state index contributed by atoms with van der Waals surface area (Å²) < 4.78 is 0. The number of hydrogen-bond donors (Lipinski definition) is 1. The van der Waals surface area contributed by atoms with Gasteiger partial charge in [0.25, 0.3) is 5.69 Å². The van der Waals surface area contributed by atoms with E-state index in [1.54, 1.807) is 13.0 Å². The van der Waals surface area contributed by atoms with Crippen LogP contribution in [0.1, 0.15) is 11.4 Å². The predicted octanol–water partition coefficient (Wildman–Crippen LogP) is 1.75. The highest BCUT2D eigenvalue weighted by Gasteiger charge is 2.35. The van der Waals surface area contributed by atoms with Crippen LogP contribution in [0, 0.1) is 23.0 Å². The van der Waals surface area contributed by atoms with Gasteiger partial charge in [0.05, 0.1) is 16.5 Å². The number of nitro benzene ring substituents is 1. The predicted molar refractivity (Wildman–Crippen MR) is 86.8 cm³/mol. The molecule has 24 heavy (non-hydrogen) atoms. The number of benzene rings is 1. The van der Waals surface area contributed by atoms with E-state index in [0.29, 0.717) is 10.8 Å². The molecule has 10 heteroatoms. The zero-order chi connectivity index (χ0) is 17.3. The molecule has 0 unspecified atom stereocenters. The minimum Gasteiger partial charge on any atom is -0.311 e. The van der Waals surface area contributed by atoms with Gasteiger partial charge in [-0.2, -0.15) is 0 Å². The normalized spacial score (nSPS) is 17.1. The Bertz CT molecular complexity index is 821. The van der Waals surface area contributed by atoms with Crippen LogP contribution in [-0.2, 0) is 9.59 Å². The number of non-ortho nitro benzene ring substituents is 1. The van der Waals surface area contributed by atoms with Gasteiger partial charge in [-0.1, -0.05) is 17.4 Å². The van der Waals surface area contributed by atoms with E-state index in [0.717, 1.165) is 5.01 Å². The number of rotatable bonds is 4. The van der Waals surface area contributed by atoms with Crippen LogP contribution < -0.4 is 10.2 Å². The molecule has 1 aliphatic rings. The lowest BCUT2D eigenvalue weighted by molar-refractivity contribution is -0.384. The summed E-state index contributed by atoms with van der Waals surface area (Å²) in [6.07, 6.45) is 0.0479. The summed E-state index contributed by atoms with van der Waals surface area (Å²) in [5.41, 5.74) is 0.314. The highest BCUT2D eigenvalue weighted by Crippen LogP contribution is 2.28. The lowest BCUT2D eigenvalue weighted by atomic mass is 10.1. The fraction of sp³-hybridized carbons (Fsp3) is 0.286. The third-order valence-corrected chi connectivity index (χ3v) is 4.36. The Kier molecular flexibility index (Phi) is 4.21. The van der Waals surface area contributed by atoms with Gasteiger partial charge < -0.3 is 10.2 Å². The lowest BCUT2D eigenvalue weighted by Crippen LogP contribution is -2.28. The molecule has 1 aromatic carbocycles. The maximum atomic E-state index is 12.3. The van der Waals surface area contributed by atoms with Gasteiger partial charge in [-0.05, 0) is 13.0 Å². The molecular weight excluding hydrogens is 334 g/mol. The van der Waals surface area contributed by atoms with E-state index in [2.05, 4.69) is 15.5 Å². The standard InChI is InChI=1S/C14H13N5O4S/c1-8-16-17-14(24-8)15-13(21)9-5-12(20)18(7-9)10-3-2-4-11(6-10)19(22)23/h2-4,6,9H,5,7H2,1H3,(H,15,17,21)/t9-/m1/s1. The third-order valence-electron chi connectivity index (χ3n) is 3.60. The number of nitrogens with zero attached hydrogens (tertiary/aromatic N) is 4. The molecule has 2 aromatic rings. The van der Waals surface area contributed by atoms with Gasteiger partial charge in [0.15, 0.2) is 0 Å². The Hall–Kier alpha value is -2.88. The fourth-order valence-electron chi connectivity index (χ4n) is 2.46. The van der Waals surface area contributed by atoms with Gasteiger partial charge >= 0.3 is 0 Å². The van der Waals surface area contributed by atoms with Crippen LogP contribution in [0.15, 0.2) is 24.3 Å². The van der Waals surface area contributed by atoms with E-state index in [4.69, 9.17) is 0 Å². The quantitative estimate of drug-likeness (QED) is 0.665. The Morgan fingerprint density at radius 2 is 2.25 bits per heavy atom. The second-order valence-corrected chi connectivity index (χ2v) is 6.48. The number of carbonyl (C=O) groups excluding carboxylic acids is 2. The van der Waals surface area contributed by atoms with Crippen LogP contribution in [0.2, 0.25) is 0 Å². The highest BCUT2D eigenvalue weighted by atomic mass is 32.1. The summed E-state index contributed by atoms with van der Waals surface area (Å²) in [5, 5.41) is 22.2. The number of aryl methyl sites for hydroxylation is 1. The van der Waals surface area contributed by atoms with E-state index in [-0.39, 0.29) is 30.5 Å². The molecule has 1 atom stereocenters. The smallest absolute Gasteiger partial charge is 0.271 e. The fourth-order valence-corrected chi connectivity index (χ4v) is 3.06. The van der Waals surface area contributed by atoms with Gasteiger partial charge in [0.1, 0.15) is 5.01 Å². The number of nitro groups is 1. The zero-order valence-corrected chi connectivity index (χ0v) is 13.4. The third kappa shape index (κ3) is 3.23. The van der Waals surface area contributed by atoms with Gasteiger partial charge in [0.2, 0.25) is 16.9 Å². The molecule has 1 N–H and O–H groups in total. The van der Waals surface area contributed by atoms with Gasteiger partial charge in [-0.15, -0.1) is 10.2 Å². The van der Waals surface area contributed by atoms with Crippen LogP contribution in [0.5, 0.6) is 0 Å². The Morgan fingerprint density at radius 3 is 2.92 bits per heavy atom. The molecule has 0 spiro atoms. The van der Waals surface area contributed by atoms with Gasteiger partial charge in [-0.3, -0.25) is 19.7 Å². The van der Waals surface area contributed by atoms with Crippen molar-refractivity contribution < 1.29 is 14.5 Å². The molecular formula is C14H13N5O4S. The number of aromatic nitrogens is 2. The van der Waals surface area contributed by atoms with Crippen molar-refractivity contribution in [2.45, 2.75) is 13.3 Å². The molecule has 1 saturated heterocycles. The Balaban J connectivity index is 1.72. The first-order chi connectivity index (χ1) is 11.4. The number of nitrogens with one attached hydrogen (secondary N) is 1. The first-order valence-electron chi connectivity index (χ1n) is 7.10. The van der Waals surface area contributed by atoms with Crippen molar-refractivity contribution in [2.24, 2.45) is 5.92 Å². The highest BCUT2D eigenvalue weighted by molar-refractivity contribution is 7.15. The monoisotopic (exact) mass is 347 g/mol. The molecule has 1 fully saturated rings. The van der Waals surface area contributed by atoms with Gasteiger partial charge in [0, 0.05) is 25.1 Å². The van der Waals surface area contributed by atoms with Crippen LogP contribution in [0.4, 0.5) is 16.5 Å². The maximum Gasteiger partial charge on any atom is 0.271 e. The van der Waals surface area contributed by atoms with Crippen molar-refractivity contribution in [2.75, 3.05) is 16.8 Å². The van der Waals surface area contributed by atoms with E-state index < -0.39 is 10.8 Å². The molecule has 0 bridgehead atoms. The van der Waals surface area contributed by atoms with Gasteiger partial charge in [-0.25, -0.2) is 0 Å². The second-order valence-electron chi connectivity index (χ2n) is 5.30. The van der Waals surface area contributed by atoms with Crippen LogP contribution in [-0.4, -0.2) is 33.5 Å². The first kappa shape index (κ1) is 16.0. The number of carbonyl (C=O) groups is 2. The minimum atomic E-state index is -0.541. The van der Waals surface area contributed by atoms with E-state index in [1.165, 1.54) is 34.4 Å². The largest absolute Gasteiger partial charge is 0.311 e. The summed E-state index contributed by atoms with van der Waals surface area (Å²) in [6.45, 7) is 1.94. The molecule has 124 valence electrons. The number of amides is 2. The van der Waals surface area contributed by atoms with Crippen molar-refractivity contribution in [3.05, 3.63) is 39.4 Å². The number of hydrogen-bond acceptors (Lipinski definition) is 7. The zero-order valence-electron chi connectivity index (χ0n) is 12.6. The summed E-state index contributed by atoms with van der Waals surface area (Å²) in [7, 11) is 0. The molecule has 1 aromatic heterocycles. The first-order valence-corrected chi connectivity index (χ1v) is 7.91.